The minimum absolute atomic E-state index is 0.0828. The smallest absolute Gasteiger partial charge is 0.313 e. The second-order valence-corrected chi connectivity index (χ2v) is 6.38. The number of hydrogen-bond acceptors (Lipinski definition) is 5. The average molecular weight is 324 g/mol. The third kappa shape index (κ3) is 4.18. The van der Waals surface area contributed by atoms with Crippen molar-refractivity contribution in [1.29, 1.82) is 0 Å². The zero-order valence-corrected chi connectivity index (χ0v) is 13.2. The third-order valence-electron chi connectivity index (χ3n) is 2.90. The van der Waals surface area contributed by atoms with Gasteiger partial charge in [-0.1, -0.05) is 31.2 Å². The first-order chi connectivity index (χ1) is 10.1. The Morgan fingerprint density at radius 3 is 2.95 bits per heavy atom. The maximum Gasteiger partial charge on any atom is 0.313 e. The summed E-state index contributed by atoms with van der Waals surface area (Å²) in [5.41, 5.74) is -0.347. The number of aromatic nitrogens is 2. The molecule has 112 valence electrons. The van der Waals surface area contributed by atoms with Crippen LogP contribution in [0.1, 0.15) is 30.7 Å². The molecule has 0 bridgehead atoms. The minimum atomic E-state index is -0.923. The topological polar surface area (TPSA) is 72.2 Å². The van der Waals surface area contributed by atoms with E-state index in [1.807, 2.05) is 16.0 Å². The van der Waals surface area contributed by atoms with Crippen molar-refractivity contribution in [3.63, 3.8) is 0 Å². The van der Waals surface area contributed by atoms with Gasteiger partial charge in [-0.2, -0.15) is 4.98 Å². The maximum atomic E-state index is 11.5. The van der Waals surface area contributed by atoms with Crippen LogP contribution in [-0.4, -0.2) is 26.4 Å². The van der Waals surface area contributed by atoms with Crippen LogP contribution >= 0.6 is 23.1 Å². The quantitative estimate of drug-likeness (QED) is 0.626. The van der Waals surface area contributed by atoms with Crippen molar-refractivity contribution in [2.45, 2.75) is 31.0 Å². The first-order valence-electron chi connectivity index (χ1n) is 6.59. The molecule has 21 heavy (non-hydrogen) atoms. The Hall–Kier alpha value is -1.60. The molecule has 1 atom stereocenters. The zero-order chi connectivity index (χ0) is 15.2. The predicted molar refractivity (Wildman–Crippen MR) is 84.2 cm³/mol. The van der Waals surface area contributed by atoms with Crippen LogP contribution in [0.15, 0.2) is 39.7 Å². The van der Waals surface area contributed by atoms with Crippen LogP contribution in [0.25, 0.3) is 0 Å². The number of nitrogens with zero attached hydrogens (tertiary/aromatic N) is 2. The highest BCUT2D eigenvalue weighted by Crippen LogP contribution is 2.30. The van der Waals surface area contributed by atoms with E-state index in [9.17, 15) is 9.59 Å². The Labute approximate surface area is 130 Å². The molecule has 1 unspecified atom stereocenters. The molecule has 0 radical (unpaired) electrons. The number of carboxylic acid groups (broad SMARTS) is 1. The van der Waals surface area contributed by atoms with E-state index in [4.69, 9.17) is 5.11 Å². The van der Waals surface area contributed by atoms with E-state index < -0.39 is 5.97 Å². The van der Waals surface area contributed by atoms with E-state index in [0.717, 1.165) is 24.6 Å². The van der Waals surface area contributed by atoms with E-state index in [-0.39, 0.29) is 17.4 Å². The summed E-state index contributed by atoms with van der Waals surface area (Å²) in [6.45, 7) is 2.10. The number of hydrogen-bond donors (Lipinski definition) is 1. The maximum absolute atomic E-state index is 11.5. The van der Waals surface area contributed by atoms with Crippen molar-refractivity contribution in [2.75, 3.05) is 5.75 Å². The molecule has 5 nitrogen and oxygen atoms in total. The fourth-order valence-electron chi connectivity index (χ4n) is 2.04. The van der Waals surface area contributed by atoms with Gasteiger partial charge < -0.3 is 9.67 Å². The molecular formula is C14H16N2O3S2. The standard InChI is InChI=1S/C14H16N2O3S2/c1-2-4-10(11-5-3-8-20-11)16-7-6-12(17)15-14(16)21-9-13(18)19/h3,5-8,10H,2,4,9H2,1H3,(H,18,19). The molecule has 0 aromatic carbocycles. The van der Waals surface area contributed by atoms with Gasteiger partial charge in [-0.3, -0.25) is 9.59 Å². The Kier molecular flexibility index (Phi) is 5.58. The van der Waals surface area contributed by atoms with Crippen LogP contribution in [0.4, 0.5) is 0 Å². The highest BCUT2D eigenvalue weighted by Gasteiger charge is 2.17. The van der Waals surface area contributed by atoms with Crippen molar-refractivity contribution in [2.24, 2.45) is 0 Å². The molecule has 0 aliphatic heterocycles. The van der Waals surface area contributed by atoms with E-state index in [0.29, 0.717) is 5.16 Å². The summed E-state index contributed by atoms with van der Waals surface area (Å²) in [7, 11) is 0. The Morgan fingerprint density at radius 1 is 1.52 bits per heavy atom. The van der Waals surface area contributed by atoms with Crippen LogP contribution in [0.3, 0.4) is 0 Å². The van der Waals surface area contributed by atoms with Gasteiger partial charge in [0.15, 0.2) is 5.16 Å². The molecule has 0 aliphatic rings. The molecule has 0 saturated heterocycles. The number of rotatable bonds is 7. The average Bonchev–Trinajstić information content (AvgIpc) is 2.97. The summed E-state index contributed by atoms with van der Waals surface area (Å²) in [6, 6.07) is 5.54. The first-order valence-corrected chi connectivity index (χ1v) is 8.45. The number of aliphatic carboxylic acids is 1. The van der Waals surface area contributed by atoms with Crippen LogP contribution in [0.2, 0.25) is 0 Å². The van der Waals surface area contributed by atoms with Gasteiger partial charge in [-0.25, -0.2) is 0 Å². The SMILES string of the molecule is CCCC(c1cccs1)n1ccc(=O)nc1SCC(=O)O. The zero-order valence-electron chi connectivity index (χ0n) is 11.6. The number of thiophene rings is 1. The number of carbonyl (C=O) groups is 1. The Balaban J connectivity index is 2.39. The molecule has 0 spiro atoms. The van der Waals surface area contributed by atoms with Gasteiger partial charge in [0.1, 0.15) is 0 Å². The van der Waals surface area contributed by atoms with Gasteiger partial charge in [0.05, 0.1) is 11.8 Å². The summed E-state index contributed by atoms with van der Waals surface area (Å²) in [4.78, 5) is 27.4. The van der Waals surface area contributed by atoms with Crippen molar-refractivity contribution in [3.05, 3.63) is 45.0 Å². The molecule has 1 N–H and O–H groups in total. The van der Waals surface area contributed by atoms with Crippen molar-refractivity contribution < 1.29 is 9.90 Å². The fourth-order valence-corrected chi connectivity index (χ4v) is 3.64. The molecule has 2 aromatic heterocycles. The van der Waals surface area contributed by atoms with E-state index in [1.165, 1.54) is 10.9 Å². The lowest BCUT2D eigenvalue weighted by atomic mass is 10.1. The van der Waals surface area contributed by atoms with Crippen LogP contribution < -0.4 is 5.56 Å². The predicted octanol–water partition coefficient (Wildman–Crippen LogP) is 2.87. The largest absolute Gasteiger partial charge is 0.481 e. The summed E-state index contributed by atoms with van der Waals surface area (Å²) in [5, 5.41) is 11.3. The highest BCUT2D eigenvalue weighted by molar-refractivity contribution is 7.99. The van der Waals surface area contributed by atoms with E-state index in [2.05, 4.69) is 18.0 Å². The van der Waals surface area contributed by atoms with Crippen LogP contribution in [0, 0.1) is 0 Å². The molecule has 2 rings (SSSR count). The third-order valence-corrected chi connectivity index (χ3v) is 4.82. The molecule has 2 heterocycles. The van der Waals surface area contributed by atoms with Crippen LogP contribution in [0.5, 0.6) is 0 Å². The molecule has 0 saturated carbocycles. The molecule has 0 amide bonds. The van der Waals surface area contributed by atoms with Gasteiger partial charge >= 0.3 is 5.97 Å². The van der Waals surface area contributed by atoms with Crippen LogP contribution in [-0.2, 0) is 4.79 Å². The second-order valence-electron chi connectivity index (χ2n) is 4.46. The normalized spacial score (nSPS) is 12.2. The first kappa shape index (κ1) is 15.8. The fraction of sp³-hybridized carbons (Fsp3) is 0.357. The van der Waals surface area contributed by atoms with Gasteiger partial charge in [0, 0.05) is 17.1 Å². The molecule has 0 fully saturated rings. The summed E-state index contributed by atoms with van der Waals surface area (Å²) in [6.07, 6.45) is 3.60. The van der Waals surface area contributed by atoms with E-state index in [1.54, 1.807) is 17.5 Å². The minimum Gasteiger partial charge on any atom is -0.481 e. The lowest BCUT2D eigenvalue weighted by molar-refractivity contribution is -0.133. The Bertz CT molecular complexity index is 652. The van der Waals surface area contributed by atoms with Crippen molar-refractivity contribution in [1.82, 2.24) is 9.55 Å². The van der Waals surface area contributed by atoms with Gasteiger partial charge in [0.25, 0.3) is 5.56 Å². The molecule has 7 heteroatoms. The van der Waals surface area contributed by atoms with E-state index >= 15 is 0 Å². The van der Waals surface area contributed by atoms with Crippen molar-refractivity contribution in [3.8, 4) is 0 Å². The van der Waals surface area contributed by atoms with Crippen molar-refractivity contribution >= 4 is 29.1 Å². The lowest BCUT2D eigenvalue weighted by Gasteiger charge is -2.21. The molecule has 2 aromatic rings. The second kappa shape index (κ2) is 7.42. The number of thioether (sulfide) groups is 1. The highest BCUT2D eigenvalue weighted by atomic mass is 32.2. The number of carboxylic acids is 1. The van der Waals surface area contributed by atoms with Gasteiger partial charge in [-0.05, 0) is 17.9 Å². The Morgan fingerprint density at radius 2 is 2.33 bits per heavy atom. The lowest BCUT2D eigenvalue weighted by Crippen LogP contribution is -2.18. The molecule has 0 aliphatic carbocycles. The summed E-state index contributed by atoms with van der Waals surface area (Å²) >= 11 is 2.73. The summed E-state index contributed by atoms with van der Waals surface area (Å²) in [5.74, 6) is -1.03. The summed E-state index contributed by atoms with van der Waals surface area (Å²) < 4.78 is 1.91. The van der Waals surface area contributed by atoms with Gasteiger partial charge in [-0.15, -0.1) is 11.3 Å². The van der Waals surface area contributed by atoms with Gasteiger partial charge in [0.2, 0.25) is 0 Å². The molecular weight excluding hydrogens is 308 g/mol. The monoisotopic (exact) mass is 324 g/mol.